The fraction of sp³-hybridized carbons (Fsp3) is 0.429. The third kappa shape index (κ3) is 3.13. The van der Waals surface area contributed by atoms with Gasteiger partial charge in [-0.15, -0.1) is 11.3 Å². The van der Waals surface area contributed by atoms with E-state index in [1.165, 1.54) is 23.5 Å². The molecule has 4 nitrogen and oxygen atoms in total. The fourth-order valence-electron chi connectivity index (χ4n) is 1.78. The van der Waals surface area contributed by atoms with Gasteiger partial charge in [0, 0.05) is 0 Å². The Kier molecular flexibility index (Phi) is 4.35. The van der Waals surface area contributed by atoms with E-state index in [2.05, 4.69) is 10.3 Å². The first-order valence-electron chi connectivity index (χ1n) is 6.50. The normalized spacial score (nSPS) is 14.5. The van der Waals surface area contributed by atoms with E-state index in [1.807, 2.05) is 20.8 Å². The Bertz CT molecular complexity index is 626. The molecule has 6 heteroatoms. The zero-order chi connectivity index (χ0) is 14.9. The van der Waals surface area contributed by atoms with Crippen molar-refractivity contribution in [3.63, 3.8) is 0 Å². The predicted molar refractivity (Wildman–Crippen MR) is 78.9 cm³/mol. The summed E-state index contributed by atoms with van der Waals surface area (Å²) in [6.45, 7) is 5.64. The maximum Gasteiger partial charge on any atom is 0.237 e. The van der Waals surface area contributed by atoms with Gasteiger partial charge in [0.15, 0.2) is 0 Å². The molecule has 0 saturated carbocycles. The van der Waals surface area contributed by atoms with Crippen molar-refractivity contribution < 1.29 is 9.18 Å². The van der Waals surface area contributed by atoms with Crippen LogP contribution in [-0.4, -0.2) is 16.9 Å². The molecule has 108 valence electrons. The molecule has 0 fully saturated rings. The summed E-state index contributed by atoms with van der Waals surface area (Å²) in [5, 5.41) is 3.59. The van der Waals surface area contributed by atoms with Gasteiger partial charge in [0.2, 0.25) is 5.91 Å². The molecule has 0 radical (unpaired) electrons. The highest BCUT2D eigenvalue weighted by molar-refractivity contribution is 7.18. The number of benzene rings is 1. The van der Waals surface area contributed by atoms with Crippen LogP contribution in [0.1, 0.15) is 31.8 Å². The molecule has 0 bridgehead atoms. The molecule has 3 N–H and O–H groups in total. The van der Waals surface area contributed by atoms with Crippen LogP contribution in [-0.2, 0) is 4.79 Å². The molecule has 0 aliphatic heterocycles. The maximum atomic E-state index is 13.1. The zero-order valence-electron chi connectivity index (χ0n) is 11.7. The number of nitrogens with one attached hydrogen (secondary N) is 1. The van der Waals surface area contributed by atoms with Gasteiger partial charge >= 0.3 is 0 Å². The van der Waals surface area contributed by atoms with Gasteiger partial charge in [-0.1, -0.05) is 13.8 Å². The summed E-state index contributed by atoms with van der Waals surface area (Å²) in [4.78, 5) is 16.3. The molecule has 1 aromatic carbocycles. The molecular weight excluding hydrogens is 277 g/mol. The summed E-state index contributed by atoms with van der Waals surface area (Å²) < 4.78 is 13.9. The van der Waals surface area contributed by atoms with E-state index in [4.69, 9.17) is 5.73 Å². The Hall–Kier alpha value is -1.53. The maximum absolute atomic E-state index is 13.1. The minimum absolute atomic E-state index is 0.0756. The van der Waals surface area contributed by atoms with Crippen LogP contribution >= 0.6 is 11.3 Å². The van der Waals surface area contributed by atoms with E-state index in [-0.39, 0.29) is 23.7 Å². The van der Waals surface area contributed by atoms with Crippen molar-refractivity contribution in [2.24, 2.45) is 11.7 Å². The van der Waals surface area contributed by atoms with E-state index in [9.17, 15) is 9.18 Å². The van der Waals surface area contributed by atoms with Crippen LogP contribution in [0.15, 0.2) is 18.2 Å². The van der Waals surface area contributed by atoms with Crippen LogP contribution in [0, 0.1) is 11.7 Å². The molecule has 0 saturated heterocycles. The van der Waals surface area contributed by atoms with Crippen LogP contribution in [0.25, 0.3) is 10.2 Å². The number of thiazole rings is 1. The van der Waals surface area contributed by atoms with Gasteiger partial charge in [0.25, 0.3) is 0 Å². The summed E-state index contributed by atoms with van der Waals surface area (Å²) in [6, 6.07) is 3.69. The molecule has 1 aromatic heterocycles. The first-order chi connectivity index (χ1) is 9.38. The second-order valence-electron chi connectivity index (χ2n) is 5.16. The molecule has 20 heavy (non-hydrogen) atoms. The monoisotopic (exact) mass is 295 g/mol. The molecule has 0 aliphatic rings. The van der Waals surface area contributed by atoms with Gasteiger partial charge in [-0.2, -0.15) is 0 Å². The summed E-state index contributed by atoms with van der Waals surface area (Å²) >= 11 is 1.37. The van der Waals surface area contributed by atoms with Crippen molar-refractivity contribution in [1.82, 2.24) is 10.3 Å². The van der Waals surface area contributed by atoms with E-state index in [0.717, 1.165) is 15.2 Å². The molecular formula is C14H18FN3OS. The van der Waals surface area contributed by atoms with Crippen LogP contribution in [0.2, 0.25) is 0 Å². The van der Waals surface area contributed by atoms with Gasteiger partial charge in [0.1, 0.15) is 10.8 Å². The largest absolute Gasteiger partial charge is 0.346 e. The number of rotatable bonds is 4. The topological polar surface area (TPSA) is 68.0 Å². The Morgan fingerprint density at radius 1 is 1.40 bits per heavy atom. The van der Waals surface area contributed by atoms with Crippen molar-refractivity contribution in [2.75, 3.05) is 0 Å². The van der Waals surface area contributed by atoms with Gasteiger partial charge in [-0.25, -0.2) is 9.37 Å². The lowest BCUT2D eigenvalue weighted by Gasteiger charge is -2.18. The number of amides is 1. The second-order valence-corrected chi connectivity index (χ2v) is 6.23. The van der Waals surface area contributed by atoms with Crippen LogP contribution < -0.4 is 11.1 Å². The lowest BCUT2D eigenvalue weighted by molar-refractivity contribution is -0.123. The highest BCUT2D eigenvalue weighted by atomic mass is 32.1. The van der Waals surface area contributed by atoms with Gasteiger partial charge < -0.3 is 11.1 Å². The standard InChI is InChI=1S/C14H18FN3OS/c1-7(2)12(16)13(19)17-8(3)14-18-10-5-4-9(15)6-11(10)20-14/h4-8,12H,16H2,1-3H3,(H,17,19)/t8-,12+/m1/s1. The first kappa shape index (κ1) is 14.9. The molecule has 2 rings (SSSR count). The molecule has 0 unspecified atom stereocenters. The number of hydrogen-bond acceptors (Lipinski definition) is 4. The van der Waals surface area contributed by atoms with Crippen LogP contribution in [0.3, 0.4) is 0 Å². The minimum Gasteiger partial charge on any atom is -0.346 e. The summed E-state index contributed by atoms with van der Waals surface area (Å²) in [5.74, 6) is -0.407. The Morgan fingerprint density at radius 3 is 2.75 bits per heavy atom. The van der Waals surface area contributed by atoms with Crippen molar-refractivity contribution in [2.45, 2.75) is 32.9 Å². The smallest absolute Gasteiger partial charge is 0.237 e. The lowest BCUT2D eigenvalue weighted by Crippen LogP contribution is -2.44. The molecule has 0 aliphatic carbocycles. The summed E-state index contributed by atoms with van der Waals surface area (Å²) in [7, 11) is 0. The fourth-order valence-corrected chi connectivity index (χ4v) is 2.77. The van der Waals surface area contributed by atoms with Crippen LogP contribution in [0.5, 0.6) is 0 Å². The number of halogens is 1. The lowest BCUT2D eigenvalue weighted by atomic mass is 10.0. The number of hydrogen-bond donors (Lipinski definition) is 2. The highest BCUT2D eigenvalue weighted by Gasteiger charge is 2.21. The second kappa shape index (κ2) is 5.85. The Labute approximate surface area is 121 Å². The average molecular weight is 295 g/mol. The number of nitrogens with zero attached hydrogens (tertiary/aromatic N) is 1. The zero-order valence-corrected chi connectivity index (χ0v) is 12.5. The number of aromatic nitrogens is 1. The quantitative estimate of drug-likeness (QED) is 0.911. The van der Waals surface area contributed by atoms with Crippen molar-refractivity contribution in [3.8, 4) is 0 Å². The van der Waals surface area contributed by atoms with Gasteiger partial charge in [0.05, 0.1) is 22.3 Å². The SMILES string of the molecule is CC(C)[C@H](N)C(=O)N[C@H](C)c1nc2ccc(F)cc2s1. The van der Waals surface area contributed by atoms with E-state index in [0.29, 0.717) is 0 Å². The molecule has 2 aromatic rings. The van der Waals surface area contributed by atoms with Crippen molar-refractivity contribution >= 4 is 27.5 Å². The summed E-state index contributed by atoms with van der Waals surface area (Å²) in [6.07, 6.45) is 0. The average Bonchev–Trinajstić information content (AvgIpc) is 2.80. The first-order valence-corrected chi connectivity index (χ1v) is 7.32. The Morgan fingerprint density at radius 2 is 2.10 bits per heavy atom. The predicted octanol–water partition coefficient (Wildman–Crippen LogP) is 2.60. The van der Waals surface area contributed by atoms with Gasteiger partial charge in [-0.05, 0) is 31.0 Å². The third-order valence-electron chi connectivity index (χ3n) is 3.12. The van der Waals surface area contributed by atoms with Crippen molar-refractivity contribution in [3.05, 3.63) is 29.0 Å². The minimum atomic E-state index is -0.538. The number of fused-ring (bicyclic) bond motifs is 1. The molecule has 2 atom stereocenters. The third-order valence-corrected chi connectivity index (χ3v) is 4.32. The molecule has 1 heterocycles. The Balaban J connectivity index is 2.15. The highest BCUT2D eigenvalue weighted by Crippen LogP contribution is 2.27. The van der Waals surface area contributed by atoms with Crippen molar-refractivity contribution in [1.29, 1.82) is 0 Å². The van der Waals surface area contributed by atoms with Crippen LogP contribution in [0.4, 0.5) is 4.39 Å². The van der Waals surface area contributed by atoms with E-state index >= 15 is 0 Å². The summed E-state index contributed by atoms with van der Waals surface area (Å²) in [5.41, 5.74) is 6.54. The van der Waals surface area contributed by atoms with E-state index in [1.54, 1.807) is 6.07 Å². The van der Waals surface area contributed by atoms with E-state index < -0.39 is 6.04 Å². The molecule has 1 amide bonds. The number of nitrogens with two attached hydrogens (primary N) is 1. The molecule has 0 spiro atoms. The van der Waals surface area contributed by atoms with Gasteiger partial charge in [-0.3, -0.25) is 4.79 Å². The number of carbonyl (C=O) groups excluding carboxylic acids is 1. The number of carbonyl (C=O) groups is 1.